The average molecular weight is 399 g/mol. The van der Waals surface area contributed by atoms with Crippen LogP contribution in [0.3, 0.4) is 0 Å². The van der Waals surface area contributed by atoms with E-state index in [0.717, 1.165) is 35.2 Å². The van der Waals surface area contributed by atoms with Crippen molar-refractivity contribution in [1.29, 1.82) is 0 Å². The molecule has 0 aromatic heterocycles. The van der Waals surface area contributed by atoms with Crippen molar-refractivity contribution < 1.29 is 14.4 Å². The molecule has 28 heavy (non-hydrogen) atoms. The van der Waals surface area contributed by atoms with E-state index in [4.69, 9.17) is 11.6 Å². The summed E-state index contributed by atoms with van der Waals surface area (Å²) < 4.78 is 0. The van der Waals surface area contributed by atoms with E-state index in [9.17, 15) is 14.4 Å². The van der Waals surface area contributed by atoms with Crippen LogP contribution in [-0.4, -0.2) is 22.6 Å². The van der Waals surface area contributed by atoms with E-state index in [1.165, 1.54) is 4.90 Å². The highest BCUT2D eigenvalue weighted by atomic mass is 35.5. The van der Waals surface area contributed by atoms with E-state index in [1.807, 2.05) is 26.0 Å². The van der Waals surface area contributed by atoms with Crippen LogP contribution in [0.2, 0.25) is 5.02 Å². The average Bonchev–Trinajstić information content (AvgIpc) is 3.01. The number of anilines is 1. The fourth-order valence-electron chi connectivity index (χ4n) is 3.40. The van der Waals surface area contributed by atoms with Gasteiger partial charge in [-0.2, -0.15) is 0 Å². The van der Waals surface area contributed by atoms with Gasteiger partial charge >= 0.3 is 0 Å². The molecule has 0 spiro atoms. The van der Waals surface area contributed by atoms with Gasteiger partial charge in [0.2, 0.25) is 11.8 Å². The Bertz CT molecular complexity index is 906. The standard InChI is InChI=1S/C22H23ClN2O3/c1-3-15-9-10-18(23)17(4-2)21(15)24-22(28)16-7-5-14(6-8-16)13-25-19(26)11-12-20(25)27/h5-10H,3-4,11-13H2,1-2H3,(H,24,28). The Hall–Kier alpha value is -2.66. The lowest BCUT2D eigenvalue weighted by atomic mass is 10.0. The second kappa shape index (κ2) is 8.57. The topological polar surface area (TPSA) is 66.5 Å². The summed E-state index contributed by atoms with van der Waals surface area (Å²) in [6, 6.07) is 10.8. The predicted octanol–water partition coefficient (Wildman–Crippen LogP) is 4.37. The lowest BCUT2D eigenvalue weighted by molar-refractivity contribution is -0.139. The van der Waals surface area contributed by atoms with E-state index in [-0.39, 0.29) is 37.1 Å². The number of rotatable bonds is 6. The van der Waals surface area contributed by atoms with Gasteiger partial charge in [0.05, 0.1) is 6.54 Å². The Morgan fingerprint density at radius 2 is 1.64 bits per heavy atom. The number of aryl methyl sites for hydroxylation is 1. The molecule has 1 saturated heterocycles. The van der Waals surface area contributed by atoms with E-state index in [1.54, 1.807) is 24.3 Å². The van der Waals surface area contributed by atoms with Crippen LogP contribution in [0.1, 0.15) is 53.7 Å². The molecule has 146 valence electrons. The second-order valence-electron chi connectivity index (χ2n) is 6.79. The number of carbonyl (C=O) groups is 3. The first kappa shape index (κ1) is 20.1. The number of hydrogen-bond donors (Lipinski definition) is 1. The molecule has 1 N–H and O–H groups in total. The van der Waals surface area contributed by atoms with Crippen LogP contribution >= 0.6 is 11.6 Å². The van der Waals surface area contributed by atoms with E-state index in [0.29, 0.717) is 10.6 Å². The van der Waals surface area contributed by atoms with Crippen LogP contribution in [-0.2, 0) is 29.0 Å². The fourth-order valence-corrected chi connectivity index (χ4v) is 3.69. The molecule has 1 aliphatic rings. The van der Waals surface area contributed by atoms with Gasteiger partial charge in [0.25, 0.3) is 5.91 Å². The van der Waals surface area contributed by atoms with Crippen molar-refractivity contribution in [2.75, 3.05) is 5.32 Å². The number of nitrogens with one attached hydrogen (secondary N) is 1. The zero-order valence-corrected chi connectivity index (χ0v) is 16.8. The molecule has 0 atom stereocenters. The molecule has 2 aromatic carbocycles. The maximum absolute atomic E-state index is 12.7. The van der Waals surface area contributed by atoms with Crippen molar-refractivity contribution in [3.05, 3.63) is 63.7 Å². The molecule has 6 heteroatoms. The minimum Gasteiger partial charge on any atom is -0.321 e. The van der Waals surface area contributed by atoms with Crippen LogP contribution in [0, 0.1) is 0 Å². The third kappa shape index (κ3) is 4.09. The molecular formula is C22H23ClN2O3. The summed E-state index contributed by atoms with van der Waals surface area (Å²) >= 11 is 6.30. The molecule has 1 heterocycles. The smallest absolute Gasteiger partial charge is 0.255 e. The molecule has 2 aromatic rings. The van der Waals surface area contributed by atoms with Crippen LogP contribution in [0.25, 0.3) is 0 Å². The first-order valence-corrected chi connectivity index (χ1v) is 9.86. The molecule has 3 amide bonds. The Labute approximate surface area is 169 Å². The highest BCUT2D eigenvalue weighted by Crippen LogP contribution is 2.30. The third-order valence-electron chi connectivity index (χ3n) is 5.03. The van der Waals surface area contributed by atoms with Gasteiger partial charge in [-0.25, -0.2) is 0 Å². The van der Waals surface area contributed by atoms with E-state index < -0.39 is 0 Å². The third-order valence-corrected chi connectivity index (χ3v) is 5.38. The zero-order valence-electron chi connectivity index (χ0n) is 16.0. The van der Waals surface area contributed by atoms with Crippen LogP contribution < -0.4 is 5.32 Å². The first-order chi connectivity index (χ1) is 13.4. The summed E-state index contributed by atoms with van der Waals surface area (Å²) in [6.45, 7) is 4.29. The van der Waals surface area contributed by atoms with Crippen LogP contribution in [0.5, 0.6) is 0 Å². The Morgan fingerprint density at radius 1 is 1.00 bits per heavy atom. The Kier molecular flexibility index (Phi) is 6.15. The number of nitrogens with zero attached hydrogens (tertiary/aromatic N) is 1. The van der Waals surface area contributed by atoms with Crippen molar-refractivity contribution in [1.82, 2.24) is 4.90 Å². The summed E-state index contributed by atoms with van der Waals surface area (Å²) in [7, 11) is 0. The molecule has 1 fully saturated rings. The van der Waals surface area contributed by atoms with Gasteiger partial charge in [0.15, 0.2) is 0 Å². The number of carbonyl (C=O) groups excluding carboxylic acids is 3. The summed E-state index contributed by atoms with van der Waals surface area (Å²) in [5, 5.41) is 3.65. The zero-order chi connectivity index (χ0) is 20.3. The van der Waals surface area contributed by atoms with Gasteiger partial charge < -0.3 is 5.32 Å². The van der Waals surface area contributed by atoms with Crippen molar-refractivity contribution in [3.8, 4) is 0 Å². The Morgan fingerprint density at radius 3 is 2.21 bits per heavy atom. The monoisotopic (exact) mass is 398 g/mol. The Balaban J connectivity index is 1.76. The quantitative estimate of drug-likeness (QED) is 0.735. The summed E-state index contributed by atoms with van der Waals surface area (Å²) in [4.78, 5) is 37.5. The molecule has 0 unspecified atom stereocenters. The highest BCUT2D eigenvalue weighted by Gasteiger charge is 2.28. The maximum Gasteiger partial charge on any atom is 0.255 e. The minimum atomic E-state index is -0.216. The van der Waals surface area contributed by atoms with Crippen molar-refractivity contribution in [2.45, 2.75) is 46.1 Å². The SMILES string of the molecule is CCc1ccc(Cl)c(CC)c1NC(=O)c1ccc(CN2C(=O)CCC2=O)cc1. The van der Waals surface area contributed by atoms with Gasteiger partial charge in [-0.15, -0.1) is 0 Å². The summed E-state index contributed by atoms with van der Waals surface area (Å²) in [5.74, 6) is -0.509. The van der Waals surface area contributed by atoms with E-state index in [2.05, 4.69) is 5.32 Å². The van der Waals surface area contributed by atoms with Crippen LogP contribution in [0.4, 0.5) is 5.69 Å². The number of hydrogen-bond acceptors (Lipinski definition) is 3. The molecule has 0 saturated carbocycles. The number of likely N-dealkylation sites (tertiary alicyclic amines) is 1. The molecule has 1 aliphatic heterocycles. The van der Waals surface area contributed by atoms with Crippen molar-refractivity contribution in [2.24, 2.45) is 0 Å². The molecular weight excluding hydrogens is 376 g/mol. The lowest BCUT2D eigenvalue weighted by Gasteiger charge is -2.16. The van der Waals surface area contributed by atoms with E-state index >= 15 is 0 Å². The van der Waals surface area contributed by atoms with Gasteiger partial charge in [0.1, 0.15) is 0 Å². The molecule has 0 aliphatic carbocycles. The number of halogens is 1. The normalized spacial score (nSPS) is 13.9. The molecule has 0 bridgehead atoms. The molecule has 5 nitrogen and oxygen atoms in total. The van der Waals surface area contributed by atoms with Gasteiger partial charge in [0, 0.05) is 29.1 Å². The molecule has 3 rings (SSSR count). The predicted molar refractivity (Wildman–Crippen MR) is 109 cm³/mol. The van der Waals surface area contributed by atoms with Crippen molar-refractivity contribution in [3.63, 3.8) is 0 Å². The van der Waals surface area contributed by atoms with Gasteiger partial charge in [-0.3, -0.25) is 19.3 Å². The number of benzene rings is 2. The van der Waals surface area contributed by atoms with Crippen LogP contribution in [0.15, 0.2) is 36.4 Å². The largest absolute Gasteiger partial charge is 0.321 e. The maximum atomic E-state index is 12.7. The molecule has 0 radical (unpaired) electrons. The lowest BCUT2D eigenvalue weighted by Crippen LogP contribution is -2.28. The highest BCUT2D eigenvalue weighted by molar-refractivity contribution is 6.32. The van der Waals surface area contributed by atoms with Crippen molar-refractivity contribution >= 4 is 35.0 Å². The second-order valence-corrected chi connectivity index (χ2v) is 7.20. The van der Waals surface area contributed by atoms with Gasteiger partial charge in [-0.1, -0.05) is 43.6 Å². The summed E-state index contributed by atoms with van der Waals surface area (Å²) in [6.07, 6.45) is 2.06. The van der Waals surface area contributed by atoms with Gasteiger partial charge in [-0.05, 0) is 47.7 Å². The minimum absolute atomic E-state index is 0.146. The fraction of sp³-hybridized carbons (Fsp3) is 0.318. The number of imide groups is 1. The summed E-state index contributed by atoms with van der Waals surface area (Å²) in [5.41, 5.74) is 4.06. The number of amides is 3. The first-order valence-electron chi connectivity index (χ1n) is 9.48.